The number of sulfone groups is 1. The Labute approximate surface area is 114 Å². The minimum Gasteiger partial charge on any atom is -0.480 e. The van der Waals surface area contributed by atoms with E-state index in [4.69, 9.17) is 5.11 Å². The average Bonchev–Trinajstić information content (AvgIpc) is 2.11. The summed E-state index contributed by atoms with van der Waals surface area (Å²) >= 11 is 0. The van der Waals surface area contributed by atoms with Crippen LogP contribution in [0.25, 0.3) is 0 Å². The van der Waals surface area contributed by atoms with Crippen molar-refractivity contribution in [2.45, 2.75) is 40.2 Å². The molecule has 0 spiro atoms. The van der Waals surface area contributed by atoms with Gasteiger partial charge in [0.15, 0.2) is 9.84 Å². The molecule has 0 aromatic carbocycles. The fraction of sp³-hybridized carbons (Fsp3) is 0.833. The molecule has 0 saturated heterocycles. The number of hydrogen-bond acceptors (Lipinski definition) is 4. The van der Waals surface area contributed by atoms with Gasteiger partial charge in [0.05, 0.1) is 5.75 Å². The summed E-state index contributed by atoms with van der Waals surface area (Å²) in [7, 11) is -3.48. The van der Waals surface area contributed by atoms with Crippen molar-refractivity contribution in [1.29, 1.82) is 0 Å². The zero-order valence-electron chi connectivity index (χ0n) is 11.8. The van der Waals surface area contributed by atoms with E-state index in [9.17, 15) is 18.0 Å². The van der Waals surface area contributed by atoms with Gasteiger partial charge in [-0.3, -0.25) is 4.79 Å². The van der Waals surface area contributed by atoms with Crippen LogP contribution in [-0.4, -0.2) is 42.9 Å². The van der Waals surface area contributed by atoms with Crippen molar-refractivity contribution in [2.75, 3.05) is 11.5 Å². The van der Waals surface area contributed by atoms with E-state index in [0.717, 1.165) is 0 Å². The van der Waals surface area contributed by atoms with Crippen LogP contribution in [0.5, 0.6) is 0 Å². The summed E-state index contributed by atoms with van der Waals surface area (Å²) < 4.78 is 23.2. The van der Waals surface area contributed by atoms with Gasteiger partial charge in [-0.2, -0.15) is 0 Å². The third kappa shape index (κ3) is 8.58. The van der Waals surface area contributed by atoms with E-state index in [0.29, 0.717) is 0 Å². The first-order valence-corrected chi connectivity index (χ1v) is 8.08. The number of carbonyl (C=O) groups is 2. The molecule has 6 nitrogen and oxygen atoms in total. The summed E-state index contributed by atoms with van der Waals surface area (Å²) in [6.45, 7) is 7.15. The standard InChI is InChI=1S/C12H23NO5S/c1-8(2)5-10(12(15)16)13-11(14)7-19(17,18)6-9(3)4/h8-10H,5-7H2,1-4H3,(H,13,14)(H,15,16)/t10-/m1/s1. The van der Waals surface area contributed by atoms with Crippen LogP contribution in [0, 0.1) is 11.8 Å². The summed E-state index contributed by atoms with van der Waals surface area (Å²) in [6, 6.07) is -1.04. The van der Waals surface area contributed by atoms with Crippen LogP contribution in [0.1, 0.15) is 34.1 Å². The molecule has 0 aliphatic heterocycles. The molecule has 0 aromatic heterocycles. The highest BCUT2D eigenvalue weighted by Gasteiger charge is 2.24. The van der Waals surface area contributed by atoms with Crippen LogP contribution in [0.4, 0.5) is 0 Å². The molecule has 0 unspecified atom stereocenters. The third-order valence-corrected chi connectivity index (χ3v) is 4.16. The van der Waals surface area contributed by atoms with E-state index in [1.54, 1.807) is 13.8 Å². The smallest absolute Gasteiger partial charge is 0.326 e. The maximum absolute atomic E-state index is 11.6. The number of amides is 1. The zero-order valence-corrected chi connectivity index (χ0v) is 12.7. The van der Waals surface area contributed by atoms with Crippen LogP contribution in [-0.2, 0) is 19.4 Å². The Balaban J connectivity index is 4.54. The molecule has 0 aliphatic rings. The predicted octanol–water partition coefficient (Wildman–Crippen LogP) is 0.673. The van der Waals surface area contributed by atoms with E-state index < -0.39 is 33.5 Å². The Morgan fingerprint density at radius 2 is 1.63 bits per heavy atom. The van der Waals surface area contributed by atoms with Gasteiger partial charge in [0.2, 0.25) is 5.91 Å². The number of nitrogens with one attached hydrogen (secondary N) is 1. The monoisotopic (exact) mass is 293 g/mol. The minimum absolute atomic E-state index is 0.0660. The maximum atomic E-state index is 11.6. The first-order valence-electron chi connectivity index (χ1n) is 6.26. The highest BCUT2D eigenvalue weighted by molar-refractivity contribution is 7.92. The van der Waals surface area contributed by atoms with E-state index in [1.165, 1.54) is 0 Å². The Morgan fingerprint density at radius 3 is 2.00 bits per heavy atom. The molecule has 0 radical (unpaired) electrons. The largest absolute Gasteiger partial charge is 0.480 e. The highest BCUT2D eigenvalue weighted by atomic mass is 32.2. The molecule has 0 rings (SSSR count). The highest BCUT2D eigenvalue weighted by Crippen LogP contribution is 2.06. The molecule has 1 atom stereocenters. The van der Waals surface area contributed by atoms with Crippen LogP contribution in [0.3, 0.4) is 0 Å². The van der Waals surface area contributed by atoms with Crippen LogP contribution in [0.15, 0.2) is 0 Å². The van der Waals surface area contributed by atoms with E-state index >= 15 is 0 Å². The van der Waals surface area contributed by atoms with Crippen molar-refractivity contribution in [1.82, 2.24) is 5.32 Å². The van der Waals surface area contributed by atoms with Crippen LogP contribution in [0.2, 0.25) is 0 Å². The normalized spacial score (nSPS) is 13.6. The molecule has 0 aliphatic carbocycles. The molecular weight excluding hydrogens is 270 g/mol. The molecule has 0 saturated carbocycles. The molecule has 2 N–H and O–H groups in total. The maximum Gasteiger partial charge on any atom is 0.326 e. The number of carboxylic acid groups (broad SMARTS) is 1. The van der Waals surface area contributed by atoms with Gasteiger partial charge in [-0.15, -0.1) is 0 Å². The second-order valence-electron chi connectivity index (χ2n) is 5.54. The van der Waals surface area contributed by atoms with Gasteiger partial charge in [-0.25, -0.2) is 13.2 Å². The Morgan fingerprint density at radius 1 is 1.11 bits per heavy atom. The first-order chi connectivity index (χ1) is 8.53. The summed E-state index contributed by atoms with van der Waals surface area (Å²) in [5.41, 5.74) is 0. The molecule has 0 heterocycles. The van der Waals surface area contributed by atoms with Crippen molar-refractivity contribution < 1.29 is 23.1 Å². The predicted molar refractivity (Wildman–Crippen MR) is 72.5 cm³/mol. The van der Waals surface area contributed by atoms with Gasteiger partial charge in [-0.1, -0.05) is 27.7 Å². The molecule has 1 amide bonds. The van der Waals surface area contributed by atoms with Gasteiger partial charge in [0, 0.05) is 0 Å². The average molecular weight is 293 g/mol. The molecule has 7 heteroatoms. The topological polar surface area (TPSA) is 101 Å². The van der Waals surface area contributed by atoms with Gasteiger partial charge < -0.3 is 10.4 Å². The minimum atomic E-state index is -3.48. The Bertz CT molecular complexity index is 414. The lowest BCUT2D eigenvalue weighted by Crippen LogP contribution is -2.44. The van der Waals surface area contributed by atoms with Crippen molar-refractivity contribution in [2.24, 2.45) is 11.8 Å². The zero-order chi connectivity index (χ0) is 15.2. The quantitative estimate of drug-likeness (QED) is 0.685. The number of carboxylic acids is 1. The van der Waals surface area contributed by atoms with Crippen molar-refractivity contribution >= 4 is 21.7 Å². The summed E-state index contributed by atoms with van der Waals surface area (Å²) in [4.78, 5) is 22.5. The number of carbonyl (C=O) groups excluding carboxylic acids is 1. The van der Waals surface area contributed by atoms with Crippen molar-refractivity contribution in [3.05, 3.63) is 0 Å². The second kappa shape index (κ2) is 7.47. The lowest BCUT2D eigenvalue weighted by atomic mass is 10.0. The van der Waals surface area contributed by atoms with Gasteiger partial charge in [0.25, 0.3) is 0 Å². The summed E-state index contributed by atoms with van der Waals surface area (Å²) in [6.07, 6.45) is 0.269. The molecule has 19 heavy (non-hydrogen) atoms. The Hall–Kier alpha value is -1.11. The van der Waals surface area contributed by atoms with Gasteiger partial charge in [0.1, 0.15) is 11.8 Å². The summed E-state index contributed by atoms with van der Waals surface area (Å²) in [5, 5.41) is 11.2. The van der Waals surface area contributed by atoms with E-state index in [-0.39, 0.29) is 24.0 Å². The lowest BCUT2D eigenvalue weighted by Gasteiger charge is -2.16. The first kappa shape index (κ1) is 17.9. The number of aliphatic carboxylic acids is 1. The SMILES string of the molecule is CC(C)C[C@@H](NC(=O)CS(=O)(=O)CC(C)C)C(=O)O. The van der Waals surface area contributed by atoms with Crippen molar-refractivity contribution in [3.63, 3.8) is 0 Å². The van der Waals surface area contributed by atoms with Gasteiger partial charge in [-0.05, 0) is 18.3 Å². The molecular formula is C12H23NO5S. The molecule has 0 bridgehead atoms. The van der Waals surface area contributed by atoms with Crippen LogP contribution >= 0.6 is 0 Å². The lowest BCUT2D eigenvalue weighted by molar-refractivity contribution is -0.141. The second-order valence-corrected chi connectivity index (χ2v) is 7.65. The van der Waals surface area contributed by atoms with E-state index in [2.05, 4.69) is 5.32 Å². The molecule has 0 aromatic rings. The van der Waals surface area contributed by atoms with Gasteiger partial charge >= 0.3 is 5.97 Å². The fourth-order valence-electron chi connectivity index (χ4n) is 1.70. The van der Waals surface area contributed by atoms with Crippen LogP contribution < -0.4 is 5.32 Å². The molecule has 0 fully saturated rings. The number of rotatable bonds is 8. The van der Waals surface area contributed by atoms with Crippen molar-refractivity contribution in [3.8, 4) is 0 Å². The number of hydrogen-bond donors (Lipinski definition) is 2. The van der Waals surface area contributed by atoms with E-state index in [1.807, 2.05) is 13.8 Å². The third-order valence-electron chi connectivity index (χ3n) is 2.28. The Kier molecular flexibility index (Phi) is 7.04. The summed E-state index contributed by atoms with van der Waals surface area (Å²) in [5.74, 6) is -2.62. The molecule has 112 valence electrons. The fourth-order valence-corrected chi connectivity index (χ4v) is 3.31.